The third-order valence-corrected chi connectivity index (χ3v) is 1.76. The van der Waals surface area contributed by atoms with E-state index in [2.05, 4.69) is 5.32 Å². The first-order chi connectivity index (χ1) is 6.56. The van der Waals surface area contributed by atoms with Gasteiger partial charge in [0, 0.05) is 12.6 Å². The van der Waals surface area contributed by atoms with Gasteiger partial charge in [-0.2, -0.15) is 0 Å². The van der Waals surface area contributed by atoms with Gasteiger partial charge >= 0.3 is 7.12 Å². The van der Waals surface area contributed by atoms with E-state index < -0.39 is 18.8 Å². The molecule has 1 aromatic rings. The molecule has 6 heteroatoms. The highest BCUT2D eigenvalue weighted by Gasteiger charge is 2.20. The van der Waals surface area contributed by atoms with Gasteiger partial charge in [0.25, 0.3) is 5.91 Å². The number of hydrogen-bond acceptors (Lipinski definition) is 3. The van der Waals surface area contributed by atoms with Gasteiger partial charge in [0.05, 0.1) is 0 Å². The summed E-state index contributed by atoms with van der Waals surface area (Å²) >= 11 is 0. The van der Waals surface area contributed by atoms with E-state index in [4.69, 9.17) is 10.0 Å². The molecule has 0 saturated heterocycles. The molecule has 0 heterocycles. The Bertz CT molecular complexity index is 356. The third-order valence-electron chi connectivity index (χ3n) is 1.76. The van der Waals surface area contributed by atoms with E-state index in [0.29, 0.717) is 0 Å². The Kier molecular flexibility index (Phi) is 3.21. The van der Waals surface area contributed by atoms with Gasteiger partial charge in [0.15, 0.2) is 0 Å². The van der Waals surface area contributed by atoms with Gasteiger partial charge in [-0.05, 0) is 23.7 Å². The predicted octanol–water partition coefficient (Wildman–Crippen LogP) is -1.13. The molecule has 1 rings (SSSR count). The topological polar surface area (TPSA) is 69.6 Å². The summed E-state index contributed by atoms with van der Waals surface area (Å²) in [5.74, 6) is -1.12. The number of carbonyl (C=O) groups is 1. The molecule has 0 aliphatic rings. The molecule has 0 aromatic heterocycles. The van der Waals surface area contributed by atoms with Gasteiger partial charge in [-0.1, -0.05) is 0 Å². The molecule has 0 unspecified atom stereocenters. The molecule has 0 bridgehead atoms. The first-order valence-corrected chi connectivity index (χ1v) is 3.94. The van der Waals surface area contributed by atoms with Crippen molar-refractivity contribution in [3.63, 3.8) is 0 Å². The van der Waals surface area contributed by atoms with Crippen molar-refractivity contribution < 1.29 is 19.2 Å². The highest BCUT2D eigenvalue weighted by Crippen LogP contribution is 2.01. The zero-order chi connectivity index (χ0) is 10.7. The summed E-state index contributed by atoms with van der Waals surface area (Å²) in [7, 11) is -0.461. The molecule has 4 nitrogen and oxygen atoms in total. The lowest BCUT2D eigenvalue weighted by atomic mass is 9.76. The highest BCUT2D eigenvalue weighted by molar-refractivity contribution is 6.60. The second kappa shape index (κ2) is 4.21. The third kappa shape index (κ3) is 2.10. The average Bonchev–Trinajstić information content (AvgIpc) is 2.16. The van der Waals surface area contributed by atoms with Gasteiger partial charge in [0.1, 0.15) is 5.82 Å². The van der Waals surface area contributed by atoms with Crippen molar-refractivity contribution in [2.24, 2.45) is 0 Å². The molecule has 0 aliphatic carbocycles. The summed E-state index contributed by atoms with van der Waals surface area (Å²) in [6.07, 6.45) is 0. The fourth-order valence-electron chi connectivity index (χ4n) is 1.09. The molecule has 3 N–H and O–H groups in total. The quantitative estimate of drug-likeness (QED) is 0.525. The molecule has 0 fully saturated rings. The van der Waals surface area contributed by atoms with Crippen LogP contribution in [0.2, 0.25) is 0 Å². The van der Waals surface area contributed by atoms with Crippen molar-refractivity contribution >= 4 is 18.5 Å². The van der Waals surface area contributed by atoms with E-state index in [1.165, 1.54) is 13.1 Å². The Morgan fingerprint density at radius 2 is 2.14 bits per heavy atom. The van der Waals surface area contributed by atoms with Crippen LogP contribution in [0.4, 0.5) is 4.39 Å². The molecule has 1 amide bonds. The van der Waals surface area contributed by atoms with Crippen LogP contribution in [-0.2, 0) is 0 Å². The summed E-state index contributed by atoms with van der Waals surface area (Å²) < 4.78 is 12.7. The summed E-state index contributed by atoms with van der Waals surface area (Å²) in [4.78, 5) is 11.2. The van der Waals surface area contributed by atoms with Gasteiger partial charge in [-0.25, -0.2) is 4.39 Å². The molecule has 0 saturated carbocycles. The van der Waals surface area contributed by atoms with Crippen LogP contribution in [0.5, 0.6) is 0 Å². The van der Waals surface area contributed by atoms with E-state index in [1.807, 2.05) is 0 Å². The molecule has 1 aromatic carbocycles. The number of carbonyl (C=O) groups excluding carboxylic acids is 1. The van der Waals surface area contributed by atoms with Gasteiger partial charge in [-0.3, -0.25) is 4.79 Å². The van der Waals surface area contributed by atoms with Crippen LogP contribution in [0.15, 0.2) is 18.2 Å². The second-order valence-corrected chi connectivity index (χ2v) is 2.68. The van der Waals surface area contributed by atoms with E-state index in [1.54, 1.807) is 0 Å². The van der Waals surface area contributed by atoms with Crippen LogP contribution < -0.4 is 10.8 Å². The molecule has 0 spiro atoms. The Labute approximate surface area is 80.5 Å². The van der Waals surface area contributed by atoms with Crippen LogP contribution in [0.25, 0.3) is 0 Å². The van der Waals surface area contributed by atoms with Crippen LogP contribution in [0, 0.1) is 5.82 Å². The van der Waals surface area contributed by atoms with E-state index in [-0.39, 0.29) is 11.0 Å². The smallest absolute Gasteiger partial charge is 0.423 e. The normalized spacial score (nSPS) is 9.71. The minimum Gasteiger partial charge on any atom is -0.423 e. The molecule has 0 radical (unpaired) electrons. The first-order valence-electron chi connectivity index (χ1n) is 3.94. The average molecular weight is 197 g/mol. The number of nitrogens with one attached hydrogen (secondary N) is 1. The summed E-state index contributed by atoms with van der Waals surface area (Å²) in [5, 5.41) is 20.1. The fraction of sp³-hybridized carbons (Fsp3) is 0.125. The zero-order valence-corrected chi connectivity index (χ0v) is 7.49. The highest BCUT2D eigenvalue weighted by atomic mass is 19.1. The second-order valence-electron chi connectivity index (χ2n) is 2.68. The van der Waals surface area contributed by atoms with E-state index in [0.717, 1.165) is 12.1 Å². The zero-order valence-electron chi connectivity index (χ0n) is 7.49. The molecule has 0 aliphatic heterocycles. The standard InChI is InChI=1S/C8H9BFNO3/c1-11-8(12)6-3-2-5(10)4-7(6)9(13)14/h2-4,13-14H,1H3,(H,11,12). The Balaban J connectivity index is 3.21. The van der Waals surface area contributed by atoms with Crippen LogP contribution in [-0.4, -0.2) is 30.1 Å². The predicted molar refractivity (Wildman–Crippen MR) is 49.6 cm³/mol. The number of amides is 1. The number of hydrogen-bond donors (Lipinski definition) is 3. The van der Waals surface area contributed by atoms with Crippen LogP contribution in [0.1, 0.15) is 10.4 Å². The first kappa shape index (κ1) is 10.7. The SMILES string of the molecule is CNC(=O)c1ccc(F)cc1B(O)O. The largest absolute Gasteiger partial charge is 0.489 e. The van der Waals surface area contributed by atoms with Gasteiger partial charge in [0.2, 0.25) is 0 Å². The number of rotatable bonds is 2. The maximum Gasteiger partial charge on any atom is 0.489 e. The molecular formula is C8H9BFNO3. The summed E-state index contributed by atoms with van der Waals surface area (Å²) in [5.41, 5.74) is -0.103. The monoisotopic (exact) mass is 197 g/mol. The Morgan fingerprint density at radius 1 is 1.50 bits per heavy atom. The minimum atomic E-state index is -1.86. The Hall–Kier alpha value is -1.40. The van der Waals surface area contributed by atoms with Crippen molar-refractivity contribution in [1.82, 2.24) is 5.32 Å². The Morgan fingerprint density at radius 3 is 2.64 bits per heavy atom. The van der Waals surface area contributed by atoms with Gasteiger partial charge < -0.3 is 15.4 Å². The lowest BCUT2D eigenvalue weighted by molar-refractivity contribution is 0.0963. The number of benzene rings is 1. The van der Waals surface area contributed by atoms with E-state index >= 15 is 0 Å². The summed E-state index contributed by atoms with van der Waals surface area (Å²) in [6.45, 7) is 0. The van der Waals surface area contributed by atoms with Crippen molar-refractivity contribution in [3.05, 3.63) is 29.6 Å². The fourth-order valence-corrected chi connectivity index (χ4v) is 1.09. The minimum absolute atomic E-state index is 0.0453. The lowest BCUT2D eigenvalue weighted by Gasteiger charge is -2.06. The van der Waals surface area contributed by atoms with Crippen LogP contribution >= 0.6 is 0 Å². The van der Waals surface area contributed by atoms with Crippen LogP contribution in [0.3, 0.4) is 0 Å². The lowest BCUT2D eigenvalue weighted by Crippen LogP contribution is -2.37. The van der Waals surface area contributed by atoms with Crippen molar-refractivity contribution in [2.75, 3.05) is 7.05 Å². The number of halogens is 1. The summed E-state index contributed by atoms with van der Waals surface area (Å²) in [6, 6.07) is 3.19. The van der Waals surface area contributed by atoms with Crippen molar-refractivity contribution in [2.45, 2.75) is 0 Å². The maximum atomic E-state index is 12.7. The molecule has 0 atom stereocenters. The van der Waals surface area contributed by atoms with Crippen molar-refractivity contribution in [1.29, 1.82) is 0 Å². The molecule has 14 heavy (non-hydrogen) atoms. The molecular weight excluding hydrogens is 188 g/mol. The van der Waals surface area contributed by atoms with Gasteiger partial charge in [-0.15, -0.1) is 0 Å². The maximum absolute atomic E-state index is 12.7. The van der Waals surface area contributed by atoms with E-state index in [9.17, 15) is 9.18 Å². The van der Waals surface area contributed by atoms with Crippen molar-refractivity contribution in [3.8, 4) is 0 Å². The molecule has 74 valence electrons.